The number of amides is 1. The molecule has 0 saturated carbocycles. The fraction of sp³-hybridized carbons (Fsp3) is 0.522. The van der Waals surface area contributed by atoms with Crippen molar-refractivity contribution in [2.24, 2.45) is 5.92 Å². The van der Waals surface area contributed by atoms with Gasteiger partial charge in [0.25, 0.3) is 0 Å². The Labute approximate surface area is 216 Å². The Hall–Kier alpha value is -2.30. The van der Waals surface area contributed by atoms with Gasteiger partial charge in [-0.15, -0.1) is 0 Å². The van der Waals surface area contributed by atoms with Crippen LogP contribution in [0, 0.1) is 5.92 Å². The lowest BCUT2D eigenvalue weighted by Crippen LogP contribution is -2.48. The van der Waals surface area contributed by atoms with Gasteiger partial charge < -0.3 is 15.0 Å². The van der Waals surface area contributed by atoms with Crippen LogP contribution in [-0.4, -0.2) is 55.8 Å². The quantitative estimate of drug-likeness (QED) is 0.515. The molecule has 2 N–H and O–H groups in total. The molecule has 0 bridgehead atoms. The minimum Gasteiger partial charge on any atom is -0.467 e. The summed E-state index contributed by atoms with van der Waals surface area (Å²) >= 11 is 12.2. The number of hydrogen-bond acceptors (Lipinski definition) is 8. The molecule has 2 heterocycles. The van der Waals surface area contributed by atoms with Gasteiger partial charge in [-0.3, -0.25) is 9.52 Å². The van der Waals surface area contributed by atoms with Crippen molar-refractivity contribution < 1.29 is 17.9 Å². The number of anilines is 2. The van der Waals surface area contributed by atoms with Gasteiger partial charge in [-0.05, 0) is 57.7 Å². The number of piperidine rings is 1. The summed E-state index contributed by atoms with van der Waals surface area (Å²) in [5, 5.41) is 4.45. The molecule has 1 amide bonds. The van der Waals surface area contributed by atoms with Crippen LogP contribution in [0.5, 0.6) is 6.01 Å². The molecule has 1 unspecified atom stereocenters. The molecule has 0 aliphatic carbocycles. The summed E-state index contributed by atoms with van der Waals surface area (Å²) in [6.07, 6.45) is 1.97. The second-order valence-electron chi connectivity index (χ2n) is 9.38. The van der Waals surface area contributed by atoms with E-state index >= 15 is 0 Å². The van der Waals surface area contributed by atoms with Crippen molar-refractivity contribution in [2.45, 2.75) is 44.8 Å². The van der Waals surface area contributed by atoms with Gasteiger partial charge in [0, 0.05) is 35.7 Å². The Morgan fingerprint density at radius 1 is 1.23 bits per heavy atom. The number of methoxy groups -OCH3 is 1. The summed E-state index contributed by atoms with van der Waals surface area (Å²) in [4.78, 5) is 23.5. The first-order valence-electron chi connectivity index (χ1n) is 11.3. The van der Waals surface area contributed by atoms with E-state index in [-0.39, 0.29) is 6.01 Å². The zero-order valence-corrected chi connectivity index (χ0v) is 22.6. The van der Waals surface area contributed by atoms with E-state index in [9.17, 15) is 13.2 Å². The van der Waals surface area contributed by atoms with Crippen LogP contribution in [0.15, 0.2) is 24.3 Å². The van der Waals surface area contributed by atoms with E-state index in [2.05, 4.69) is 20.0 Å². The second-order valence-corrected chi connectivity index (χ2v) is 12.7. The number of halogens is 2. The van der Waals surface area contributed by atoms with Crippen molar-refractivity contribution in [2.75, 3.05) is 37.0 Å². The van der Waals surface area contributed by atoms with Crippen LogP contribution in [0.4, 0.5) is 11.6 Å². The molecule has 1 fully saturated rings. The van der Waals surface area contributed by atoms with Crippen molar-refractivity contribution in [3.63, 3.8) is 0 Å². The number of hydrogen-bond donors (Lipinski definition) is 2. The summed E-state index contributed by atoms with van der Waals surface area (Å²) < 4.78 is 31.3. The van der Waals surface area contributed by atoms with E-state index in [1.165, 1.54) is 7.11 Å². The number of rotatable bonds is 8. The monoisotopic (exact) mass is 543 g/mol. The fourth-order valence-electron chi connectivity index (χ4n) is 3.57. The fourth-order valence-corrected chi connectivity index (χ4v) is 4.82. The highest BCUT2D eigenvalue weighted by Gasteiger charge is 2.34. The summed E-state index contributed by atoms with van der Waals surface area (Å²) in [7, 11) is -2.29. The molecule has 35 heavy (non-hydrogen) atoms. The van der Waals surface area contributed by atoms with Gasteiger partial charge in [0.05, 0.1) is 17.8 Å². The van der Waals surface area contributed by atoms with Crippen LogP contribution in [0.25, 0.3) is 0 Å². The Kier molecular flexibility index (Phi) is 8.72. The van der Waals surface area contributed by atoms with Crippen molar-refractivity contribution in [1.29, 1.82) is 0 Å². The van der Waals surface area contributed by atoms with Crippen LogP contribution in [-0.2, 0) is 21.2 Å². The molecule has 2 aromatic rings. The Morgan fingerprint density at radius 3 is 2.63 bits per heavy atom. The van der Waals surface area contributed by atoms with E-state index in [0.717, 1.165) is 12.0 Å². The van der Waals surface area contributed by atoms with Gasteiger partial charge in [0.1, 0.15) is 11.6 Å². The number of nitrogens with zero attached hydrogens (tertiary/aromatic N) is 3. The molecule has 192 valence electrons. The second kappa shape index (κ2) is 11.2. The highest BCUT2D eigenvalue weighted by Crippen LogP contribution is 2.26. The molecule has 9 nitrogen and oxygen atoms in total. The normalized spacial score (nSPS) is 16.6. The van der Waals surface area contributed by atoms with E-state index in [1.807, 2.05) is 11.0 Å². The molecule has 1 aliphatic heterocycles. The molecule has 0 radical (unpaired) electrons. The zero-order chi connectivity index (χ0) is 25.8. The molecule has 1 saturated heterocycles. The maximum Gasteiger partial charge on any atom is 0.320 e. The number of sulfonamides is 1. The summed E-state index contributed by atoms with van der Waals surface area (Å²) in [5.74, 6) is 0.188. The van der Waals surface area contributed by atoms with Gasteiger partial charge in [-0.25, -0.2) is 8.42 Å². The van der Waals surface area contributed by atoms with Crippen molar-refractivity contribution in [3.05, 3.63) is 39.9 Å². The molecule has 12 heteroatoms. The largest absolute Gasteiger partial charge is 0.467 e. The predicted octanol–water partition coefficient (Wildman–Crippen LogP) is 3.91. The van der Waals surface area contributed by atoms with Crippen LogP contribution < -0.4 is 19.7 Å². The van der Waals surface area contributed by atoms with Crippen molar-refractivity contribution in [1.82, 2.24) is 14.7 Å². The number of nitrogens with one attached hydrogen (secondary N) is 2. The molecule has 1 aromatic heterocycles. The number of carbonyl (C=O) groups excluding carboxylic acids is 1. The highest BCUT2D eigenvalue weighted by molar-refractivity contribution is 7.91. The third kappa shape index (κ3) is 7.11. The van der Waals surface area contributed by atoms with Gasteiger partial charge in [0.2, 0.25) is 15.9 Å². The average molecular weight is 545 g/mol. The lowest BCUT2D eigenvalue weighted by atomic mass is 9.97. The minimum atomic E-state index is -3.77. The van der Waals surface area contributed by atoms with Crippen molar-refractivity contribution in [3.8, 4) is 6.01 Å². The van der Waals surface area contributed by atoms with E-state index in [4.69, 9.17) is 27.9 Å². The minimum absolute atomic E-state index is 0.191. The lowest BCUT2D eigenvalue weighted by molar-refractivity contribution is -0.123. The van der Waals surface area contributed by atoms with Gasteiger partial charge in [0.15, 0.2) is 0 Å². The summed E-state index contributed by atoms with van der Waals surface area (Å²) in [6, 6.07) is 7.37. The van der Waals surface area contributed by atoms with E-state index in [1.54, 1.807) is 39.0 Å². The van der Waals surface area contributed by atoms with Crippen LogP contribution in [0.1, 0.15) is 39.2 Å². The average Bonchev–Trinajstić information content (AvgIpc) is 2.79. The van der Waals surface area contributed by atoms with E-state index in [0.29, 0.717) is 54.2 Å². The Bertz CT molecular complexity index is 1170. The Morgan fingerprint density at radius 2 is 1.97 bits per heavy atom. The molecule has 3 rings (SSSR count). The first kappa shape index (κ1) is 27.3. The standard InChI is InChI=1S/C23H31Cl2N5O4S/c1-23(2,3)35(32,33)29-21(31)16-6-5-11-30(14-16)20-13-19(27-22(28-20)34-4)26-10-9-15-7-8-17(24)12-18(15)25/h7-8,12-13,16H,5-6,9-11,14H2,1-4H3,(H,29,31)(H,26,27,28). The molecule has 1 atom stereocenters. The molecule has 1 aromatic carbocycles. The number of aromatic nitrogens is 2. The van der Waals surface area contributed by atoms with Crippen LogP contribution >= 0.6 is 23.2 Å². The number of ether oxygens (including phenoxy) is 1. The Balaban J connectivity index is 1.69. The van der Waals surface area contributed by atoms with Gasteiger partial charge in [-0.1, -0.05) is 29.3 Å². The number of benzene rings is 1. The SMILES string of the molecule is COc1nc(NCCc2ccc(Cl)cc2Cl)cc(N2CCCC(C(=O)NS(=O)(=O)C(C)(C)C)C2)n1. The molecule has 0 spiro atoms. The molecular weight excluding hydrogens is 513 g/mol. The highest BCUT2D eigenvalue weighted by atomic mass is 35.5. The lowest BCUT2D eigenvalue weighted by Gasteiger charge is -2.33. The first-order chi connectivity index (χ1) is 16.4. The first-order valence-corrected chi connectivity index (χ1v) is 13.6. The third-order valence-corrected chi connectivity index (χ3v) is 8.42. The van der Waals surface area contributed by atoms with E-state index < -0.39 is 26.6 Å². The smallest absolute Gasteiger partial charge is 0.320 e. The van der Waals surface area contributed by atoms with Gasteiger partial charge in [-0.2, -0.15) is 9.97 Å². The van der Waals surface area contributed by atoms with Crippen molar-refractivity contribution >= 4 is 50.8 Å². The summed E-state index contributed by atoms with van der Waals surface area (Å²) in [6.45, 7) is 6.24. The maximum atomic E-state index is 12.7. The maximum absolute atomic E-state index is 12.7. The topological polar surface area (TPSA) is 114 Å². The third-order valence-electron chi connectivity index (χ3n) is 5.75. The van der Waals surface area contributed by atoms with Gasteiger partial charge >= 0.3 is 6.01 Å². The molecule has 1 aliphatic rings. The predicted molar refractivity (Wildman–Crippen MR) is 139 cm³/mol. The number of carbonyl (C=O) groups is 1. The summed E-state index contributed by atoms with van der Waals surface area (Å²) in [5.41, 5.74) is 0.958. The molecular formula is C23H31Cl2N5O4S. The zero-order valence-electron chi connectivity index (χ0n) is 20.3. The van der Waals surface area contributed by atoms with Crippen LogP contribution in [0.2, 0.25) is 10.0 Å². The van der Waals surface area contributed by atoms with Crippen LogP contribution in [0.3, 0.4) is 0 Å².